The van der Waals surface area contributed by atoms with Crippen molar-refractivity contribution in [1.82, 2.24) is 0 Å². The molecule has 0 fully saturated rings. The third-order valence-electron chi connectivity index (χ3n) is 12.6. The van der Waals surface area contributed by atoms with Gasteiger partial charge >= 0.3 is 0 Å². The highest BCUT2D eigenvalue weighted by Crippen LogP contribution is 2.60. The molecule has 13 rings (SSSR count). The van der Waals surface area contributed by atoms with Crippen molar-refractivity contribution in [3.8, 4) is 66.8 Å². The van der Waals surface area contributed by atoms with Crippen LogP contribution in [0.25, 0.3) is 131 Å². The summed E-state index contributed by atoms with van der Waals surface area (Å²) in [5, 5.41) is 17.3. The van der Waals surface area contributed by atoms with Crippen LogP contribution in [0, 0.1) is 0 Å². The van der Waals surface area contributed by atoms with Crippen LogP contribution in [0.4, 0.5) is 0 Å². The van der Waals surface area contributed by atoms with E-state index in [0.29, 0.717) is 0 Å². The van der Waals surface area contributed by atoms with Crippen LogP contribution in [0.1, 0.15) is 0 Å². The van der Waals surface area contributed by atoms with Gasteiger partial charge in [-0.2, -0.15) is 0 Å². The van der Waals surface area contributed by atoms with Crippen LogP contribution in [-0.2, 0) is 0 Å². The lowest BCUT2D eigenvalue weighted by Gasteiger charge is -2.21. The highest BCUT2D eigenvalue weighted by atomic mass is 31.1. The van der Waals surface area contributed by atoms with Crippen molar-refractivity contribution < 1.29 is 0 Å². The second kappa shape index (κ2) is 10.3. The van der Waals surface area contributed by atoms with Crippen LogP contribution in [0.2, 0.25) is 0 Å². The van der Waals surface area contributed by atoms with E-state index in [0.717, 1.165) is 8.20 Å². The monoisotopic (exact) mass is 696 g/mol. The first-order valence-electron chi connectivity index (χ1n) is 18.7. The quantitative estimate of drug-likeness (QED) is 0.0980. The summed E-state index contributed by atoms with van der Waals surface area (Å²) in [5.41, 5.74) is 15.9. The molecule has 0 radical (unpaired) electrons. The summed E-state index contributed by atoms with van der Waals surface area (Å²) in [6.07, 6.45) is 4.36. The van der Waals surface area contributed by atoms with Crippen LogP contribution < -0.4 is 5.30 Å². The smallest absolute Gasteiger partial charge is 0.00910 e. The van der Waals surface area contributed by atoms with Crippen LogP contribution in [0.3, 0.4) is 0 Å². The average Bonchev–Trinajstić information content (AvgIpc) is 3.75. The zero-order chi connectivity index (χ0) is 35.2. The van der Waals surface area contributed by atoms with Crippen LogP contribution in [0.15, 0.2) is 164 Å². The average molecular weight is 697 g/mol. The van der Waals surface area contributed by atoms with Gasteiger partial charge < -0.3 is 0 Å². The van der Waals surface area contributed by atoms with Crippen molar-refractivity contribution in [3.63, 3.8) is 0 Å². The molecule has 0 N–H and O–H groups in total. The molecular formula is C53H29P. The summed E-state index contributed by atoms with van der Waals surface area (Å²) >= 11 is 0. The second-order valence-electron chi connectivity index (χ2n) is 14.9. The highest BCUT2D eigenvalue weighted by Gasteiger charge is 2.33. The van der Waals surface area contributed by atoms with Gasteiger partial charge in [-0.25, -0.2) is 0 Å². The molecule has 11 aromatic rings. The Morgan fingerprint density at radius 2 is 0.778 bits per heavy atom. The topological polar surface area (TPSA) is 0 Å². The van der Waals surface area contributed by atoms with Gasteiger partial charge in [-0.15, -0.1) is 0 Å². The van der Waals surface area contributed by atoms with Crippen molar-refractivity contribution in [2.24, 2.45) is 0 Å². The maximum Gasteiger partial charge on any atom is 0.00910 e. The Bertz CT molecular complexity index is 3480. The molecule has 0 spiro atoms. The molecule has 246 valence electrons. The minimum Gasteiger partial charge on any atom is -0.0758 e. The lowest BCUT2D eigenvalue weighted by Crippen LogP contribution is -2.01. The third-order valence-corrected chi connectivity index (χ3v) is 13.3. The van der Waals surface area contributed by atoms with E-state index in [4.69, 9.17) is 0 Å². The molecule has 1 heteroatoms. The van der Waals surface area contributed by atoms with Crippen molar-refractivity contribution in [2.45, 2.75) is 0 Å². The Hall–Kier alpha value is -6.59. The van der Waals surface area contributed by atoms with Gasteiger partial charge in [0.05, 0.1) is 0 Å². The number of fused-ring (bicyclic) bond motifs is 11. The van der Waals surface area contributed by atoms with E-state index in [1.807, 2.05) is 0 Å². The molecule has 0 aromatic heterocycles. The SMILES string of the molecule is C=Pc1ccccc1-c1c2c(c(-c3ccccc3)c3ccccc13)-c1ccc3c4ccc5c6c(ccc(c7ccc-2c1c73)c64)-c1ccc2ccccc2c1-5. The van der Waals surface area contributed by atoms with E-state index in [9.17, 15) is 0 Å². The molecule has 0 amide bonds. The van der Waals surface area contributed by atoms with Crippen molar-refractivity contribution >= 4 is 84.4 Å². The standard InChI is InChI=1S/C53H29P/c1-54-44-18-10-9-17-40(44)49-33-16-8-7-15-32(33)45(30-12-3-2-4-13-30)52-42-27-24-39-37-23-26-41-46-31-14-6-5-11-29(31)19-20-34(46)35-21-22-36(47(37)50(35)41)38-25-28-43(53(49)52)51(42)48(38)39/h2-28H,1H2. The summed E-state index contributed by atoms with van der Waals surface area (Å²) in [4.78, 5) is 0. The third kappa shape index (κ3) is 3.44. The largest absolute Gasteiger partial charge is 0.0758 e. The van der Waals surface area contributed by atoms with E-state index in [-0.39, 0.29) is 0 Å². The van der Waals surface area contributed by atoms with Gasteiger partial charge in [0.2, 0.25) is 0 Å². The van der Waals surface area contributed by atoms with E-state index in [1.165, 1.54) is 137 Å². The molecular weight excluding hydrogens is 668 g/mol. The lowest BCUT2D eigenvalue weighted by molar-refractivity contribution is 1.63. The van der Waals surface area contributed by atoms with Gasteiger partial charge in [0.15, 0.2) is 0 Å². The highest BCUT2D eigenvalue weighted by molar-refractivity contribution is 7.46. The van der Waals surface area contributed by atoms with Crippen molar-refractivity contribution in [1.29, 1.82) is 0 Å². The second-order valence-corrected chi connectivity index (χ2v) is 15.7. The number of benzene rings is 11. The summed E-state index contributed by atoms with van der Waals surface area (Å²) in [6, 6.07) is 61.7. The van der Waals surface area contributed by atoms with Gasteiger partial charge in [-0.1, -0.05) is 172 Å². The minimum atomic E-state index is 1.02. The first-order chi connectivity index (χ1) is 26.8. The fraction of sp³-hybridized carbons (Fsp3) is 0. The first-order valence-corrected chi connectivity index (χ1v) is 19.8. The molecule has 54 heavy (non-hydrogen) atoms. The number of hydrogen-bond donors (Lipinski definition) is 0. The molecule has 0 aliphatic heterocycles. The first kappa shape index (κ1) is 28.9. The van der Waals surface area contributed by atoms with Crippen LogP contribution >= 0.6 is 8.20 Å². The predicted molar refractivity (Wildman–Crippen MR) is 236 cm³/mol. The molecule has 11 aromatic carbocycles. The van der Waals surface area contributed by atoms with E-state index in [1.54, 1.807) is 0 Å². The molecule has 2 aliphatic rings. The van der Waals surface area contributed by atoms with E-state index < -0.39 is 0 Å². The number of hydrogen-bond acceptors (Lipinski definition) is 0. The Labute approximate surface area is 313 Å². The fourth-order valence-corrected chi connectivity index (χ4v) is 11.1. The molecule has 2 aliphatic carbocycles. The van der Waals surface area contributed by atoms with Gasteiger partial charge in [0, 0.05) is 5.30 Å². The van der Waals surface area contributed by atoms with Gasteiger partial charge in [-0.05, 0) is 137 Å². The molecule has 0 atom stereocenters. The van der Waals surface area contributed by atoms with Gasteiger partial charge in [-0.3, -0.25) is 0 Å². The summed E-state index contributed by atoms with van der Waals surface area (Å²) < 4.78 is 0. The fourth-order valence-electron chi connectivity index (χ4n) is 10.5. The molecule has 0 saturated heterocycles. The molecule has 0 saturated carbocycles. The Morgan fingerprint density at radius 3 is 1.46 bits per heavy atom. The van der Waals surface area contributed by atoms with Crippen molar-refractivity contribution in [3.05, 3.63) is 164 Å². The maximum absolute atomic E-state index is 4.36. The predicted octanol–water partition coefficient (Wildman–Crippen LogP) is 14.7. The molecule has 0 bridgehead atoms. The van der Waals surface area contributed by atoms with Gasteiger partial charge in [0.1, 0.15) is 0 Å². The minimum absolute atomic E-state index is 1.02. The molecule has 0 heterocycles. The Balaban J connectivity index is 1.20. The summed E-state index contributed by atoms with van der Waals surface area (Å²) in [6.45, 7) is 0. The summed E-state index contributed by atoms with van der Waals surface area (Å²) in [7, 11) is 1.02. The van der Waals surface area contributed by atoms with E-state index in [2.05, 4.69) is 170 Å². The van der Waals surface area contributed by atoms with Crippen molar-refractivity contribution in [2.75, 3.05) is 0 Å². The van der Waals surface area contributed by atoms with E-state index >= 15 is 0 Å². The summed E-state index contributed by atoms with van der Waals surface area (Å²) in [5.74, 6) is 0. The lowest BCUT2D eigenvalue weighted by atomic mass is 9.82. The zero-order valence-corrected chi connectivity index (χ0v) is 30.1. The molecule has 0 nitrogen and oxygen atoms in total. The van der Waals surface area contributed by atoms with Crippen LogP contribution in [0.5, 0.6) is 0 Å². The van der Waals surface area contributed by atoms with Gasteiger partial charge in [0.25, 0.3) is 0 Å². The molecule has 0 unspecified atom stereocenters. The van der Waals surface area contributed by atoms with Crippen LogP contribution in [-0.4, -0.2) is 6.30 Å². The Morgan fingerprint density at radius 1 is 0.278 bits per heavy atom. The zero-order valence-electron chi connectivity index (χ0n) is 29.2. The normalized spacial score (nSPS) is 12.7. The maximum atomic E-state index is 4.36. The Kier molecular flexibility index (Phi) is 5.52. The number of rotatable bonds is 3.